The minimum Gasteiger partial charge on any atom is -0.489 e. The smallest absolute Gasteiger partial charge is 0.416 e. The average Bonchev–Trinajstić information content (AvgIpc) is 3.54. The number of ether oxygens (including phenoxy) is 1. The highest BCUT2D eigenvalue weighted by atomic mass is 32.2. The molecule has 14 heteroatoms. The van der Waals surface area contributed by atoms with Crippen LogP contribution in [0.4, 0.5) is 26.3 Å². The van der Waals surface area contributed by atoms with Gasteiger partial charge >= 0.3 is 18.3 Å². The van der Waals surface area contributed by atoms with Gasteiger partial charge in [-0.05, 0) is 71.3 Å². The number of benzene rings is 4. The number of carbonyl (C=O) groups excluding carboxylic acids is 1. The number of carboxylic acid groups (broad SMARTS) is 1. The van der Waals surface area contributed by atoms with Crippen molar-refractivity contribution < 1.29 is 45.8 Å². The van der Waals surface area contributed by atoms with Crippen molar-refractivity contribution in [3.8, 4) is 5.75 Å². The van der Waals surface area contributed by atoms with E-state index in [1.165, 1.54) is 27.7 Å². The molecule has 0 unspecified atom stereocenters. The van der Waals surface area contributed by atoms with Gasteiger partial charge in [-0.1, -0.05) is 72.5 Å². The summed E-state index contributed by atoms with van der Waals surface area (Å²) in [5, 5.41) is 9.72. The number of thioether (sulfide) groups is 1. The lowest BCUT2D eigenvalue weighted by Gasteiger charge is -2.18. The van der Waals surface area contributed by atoms with E-state index < -0.39 is 47.5 Å². The molecule has 0 aliphatic carbocycles. The van der Waals surface area contributed by atoms with E-state index in [1.807, 2.05) is 30.3 Å². The molecule has 6 rings (SSSR count). The molecule has 1 amide bonds. The lowest BCUT2D eigenvalue weighted by Crippen LogP contribution is -2.27. The van der Waals surface area contributed by atoms with Crippen molar-refractivity contribution in [1.82, 2.24) is 9.47 Å². The summed E-state index contributed by atoms with van der Waals surface area (Å²) in [6.45, 7) is -0.168. The van der Waals surface area contributed by atoms with Gasteiger partial charge in [0.2, 0.25) is 0 Å². The number of aromatic nitrogens is 1. The van der Waals surface area contributed by atoms with E-state index in [9.17, 15) is 35.9 Å². The highest BCUT2D eigenvalue weighted by molar-refractivity contribution is 8.26. The standard InChI is InChI=1S/C36H24F6N2O4S2/c37-35(38,39)26-11-10-24(29(16-26)36(40,41)42)19-43-27(14-25-15-28(12-13-30(25)43)48-20-22-4-2-1-3-5-22)17-31-32(45)44(34(49)50-31)18-21-6-8-23(9-7-21)33(46)47/h1-17H,18-20H2,(H,46,47)/b31-17+. The average molecular weight is 727 g/mol. The highest BCUT2D eigenvalue weighted by Gasteiger charge is 2.38. The lowest BCUT2D eigenvalue weighted by atomic mass is 10.0. The Balaban J connectivity index is 1.38. The summed E-state index contributed by atoms with van der Waals surface area (Å²) in [5.74, 6) is -1.11. The zero-order valence-electron chi connectivity index (χ0n) is 25.6. The fourth-order valence-corrected chi connectivity index (χ4v) is 6.67. The van der Waals surface area contributed by atoms with Crippen LogP contribution in [0.2, 0.25) is 0 Å². The van der Waals surface area contributed by atoms with Crippen molar-refractivity contribution >= 4 is 57.2 Å². The molecule has 0 atom stereocenters. The second kappa shape index (κ2) is 13.7. The first kappa shape index (κ1) is 34.8. The maximum Gasteiger partial charge on any atom is 0.416 e. The van der Waals surface area contributed by atoms with Crippen molar-refractivity contribution in [2.24, 2.45) is 0 Å². The van der Waals surface area contributed by atoms with Gasteiger partial charge in [0.05, 0.1) is 28.1 Å². The molecule has 0 bridgehead atoms. The number of thiocarbonyl (C=S) groups is 1. The largest absolute Gasteiger partial charge is 0.489 e. The Morgan fingerprint density at radius 3 is 2.22 bits per heavy atom. The van der Waals surface area contributed by atoms with Gasteiger partial charge < -0.3 is 14.4 Å². The molecule has 1 saturated heterocycles. The van der Waals surface area contributed by atoms with Crippen LogP contribution < -0.4 is 4.74 Å². The SMILES string of the molecule is O=C(O)c1ccc(CN2C(=O)/C(=C\c3cc4cc(OCc5ccccc5)ccc4n3Cc3ccc(C(F)(F)F)cc3C(F)(F)F)SC2=S)cc1. The van der Waals surface area contributed by atoms with Crippen molar-refractivity contribution in [2.75, 3.05) is 0 Å². The zero-order valence-corrected chi connectivity index (χ0v) is 27.2. The number of aromatic carboxylic acids is 1. The quantitative estimate of drug-likeness (QED) is 0.0928. The number of fused-ring (bicyclic) bond motifs is 1. The van der Waals surface area contributed by atoms with Crippen molar-refractivity contribution in [1.29, 1.82) is 0 Å². The maximum atomic E-state index is 14.1. The minimum absolute atomic E-state index is 0.0491. The van der Waals surface area contributed by atoms with E-state index in [-0.39, 0.29) is 34.0 Å². The summed E-state index contributed by atoms with van der Waals surface area (Å²) in [7, 11) is 0. The summed E-state index contributed by atoms with van der Waals surface area (Å²) >= 11 is 6.44. The lowest BCUT2D eigenvalue weighted by molar-refractivity contribution is -0.143. The molecule has 0 spiro atoms. The third-order valence-electron chi connectivity index (χ3n) is 7.92. The van der Waals surface area contributed by atoms with Gasteiger partial charge in [-0.3, -0.25) is 9.69 Å². The fraction of sp³-hybridized carbons (Fsp3) is 0.139. The number of carboxylic acids is 1. The number of alkyl halides is 6. The third kappa shape index (κ3) is 7.55. The topological polar surface area (TPSA) is 71.8 Å². The number of nitrogens with zero attached hydrogens (tertiary/aromatic N) is 2. The number of halogens is 6. The molecule has 1 aliphatic heterocycles. The van der Waals surface area contributed by atoms with E-state index in [1.54, 1.807) is 36.4 Å². The van der Waals surface area contributed by atoms with E-state index in [2.05, 4.69) is 0 Å². The maximum absolute atomic E-state index is 14.1. The molecule has 2 heterocycles. The molecule has 6 nitrogen and oxygen atoms in total. The molecule has 1 aromatic heterocycles. The van der Waals surface area contributed by atoms with Crippen molar-refractivity contribution in [3.05, 3.63) is 141 Å². The summed E-state index contributed by atoms with van der Waals surface area (Å²) in [6, 6.07) is 23.4. The van der Waals surface area contributed by atoms with Crippen LogP contribution in [0.15, 0.2) is 102 Å². The Morgan fingerprint density at radius 2 is 1.56 bits per heavy atom. The molecule has 0 saturated carbocycles. The number of rotatable bonds is 9. The Labute approximate surface area is 290 Å². The number of carbonyl (C=O) groups is 2. The van der Waals surface area contributed by atoms with Crippen molar-refractivity contribution in [2.45, 2.75) is 32.0 Å². The van der Waals surface area contributed by atoms with Crippen LogP contribution in [-0.2, 0) is 36.8 Å². The number of hydrogen-bond acceptors (Lipinski definition) is 5. The number of amides is 1. The Morgan fingerprint density at radius 1 is 0.840 bits per heavy atom. The van der Waals surface area contributed by atoms with Gasteiger partial charge in [-0.2, -0.15) is 26.3 Å². The Kier molecular flexibility index (Phi) is 9.51. The molecule has 1 aliphatic rings. The van der Waals surface area contributed by atoms with Gasteiger partial charge in [0.25, 0.3) is 5.91 Å². The van der Waals surface area contributed by atoms with E-state index >= 15 is 0 Å². The summed E-state index contributed by atoms with van der Waals surface area (Å²) in [4.78, 5) is 26.3. The van der Waals surface area contributed by atoms with E-state index in [0.29, 0.717) is 34.0 Å². The first-order valence-electron chi connectivity index (χ1n) is 14.8. The number of hydrogen-bond donors (Lipinski definition) is 1. The molecule has 1 fully saturated rings. The summed E-state index contributed by atoms with van der Waals surface area (Å²) < 4.78 is 90.3. The molecule has 1 N–H and O–H groups in total. The first-order chi connectivity index (χ1) is 23.7. The van der Waals surface area contributed by atoms with Crippen LogP contribution in [0.5, 0.6) is 5.75 Å². The Hall–Kier alpha value is -5.08. The van der Waals surface area contributed by atoms with E-state index in [4.69, 9.17) is 22.1 Å². The summed E-state index contributed by atoms with van der Waals surface area (Å²) in [6.07, 6.45) is -8.58. The van der Waals surface area contributed by atoms with Crippen LogP contribution in [0.1, 0.15) is 43.9 Å². The molecule has 256 valence electrons. The second-order valence-corrected chi connectivity index (χ2v) is 13.0. The zero-order chi connectivity index (χ0) is 35.8. The van der Waals surface area contributed by atoms with Gasteiger partial charge in [-0.15, -0.1) is 0 Å². The van der Waals surface area contributed by atoms with Crippen LogP contribution >= 0.6 is 24.0 Å². The summed E-state index contributed by atoms with van der Waals surface area (Å²) in [5.41, 5.74) is -0.901. The molecule has 5 aromatic rings. The molecular weight excluding hydrogens is 703 g/mol. The second-order valence-electron chi connectivity index (χ2n) is 11.3. The molecule has 0 radical (unpaired) electrons. The van der Waals surface area contributed by atoms with Gasteiger partial charge in [0.15, 0.2) is 0 Å². The normalized spacial score (nSPS) is 14.6. The first-order valence-corrected chi connectivity index (χ1v) is 16.0. The van der Waals surface area contributed by atoms with Gasteiger partial charge in [0, 0.05) is 23.1 Å². The monoisotopic (exact) mass is 726 g/mol. The van der Waals surface area contributed by atoms with Gasteiger partial charge in [-0.25, -0.2) is 4.79 Å². The molecule has 50 heavy (non-hydrogen) atoms. The van der Waals surface area contributed by atoms with Gasteiger partial charge in [0.1, 0.15) is 16.7 Å². The van der Waals surface area contributed by atoms with Crippen LogP contribution in [0, 0.1) is 0 Å². The minimum atomic E-state index is -5.08. The Bertz CT molecular complexity index is 2140. The predicted octanol–water partition coefficient (Wildman–Crippen LogP) is 9.41. The fourth-order valence-electron chi connectivity index (χ4n) is 5.43. The molecule has 4 aromatic carbocycles. The molecular formula is C36H24F6N2O4S2. The highest BCUT2D eigenvalue weighted by Crippen LogP contribution is 2.39. The van der Waals surface area contributed by atoms with Crippen LogP contribution in [0.25, 0.3) is 17.0 Å². The third-order valence-corrected chi connectivity index (χ3v) is 9.30. The van der Waals surface area contributed by atoms with Crippen LogP contribution in [-0.4, -0.2) is 30.8 Å². The van der Waals surface area contributed by atoms with Crippen LogP contribution in [0.3, 0.4) is 0 Å². The van der Waals surface area contributed by atoms with Crippen molar-refractivity contribution in [3.63, 3.8) is 0 Å². The predicted molar refractivity (Wildman–Crippen MR) is 180 cm³/mol. The van der Waals surface area contributed by atoms with E-state index in [0.717, 1.165) is 23.4 Å².